The third kappa shape index (κ3) is 1.61. The van der Waals surface area contributed by atoms with Crippen LogP contribution in [0.15, 0.2) is 6.33 Å². The number of benzene rings is 1. The zero-order chi connectivity index (χ0) is 14.6. The van der Waals surface area contributed by atoms with Crippen molar-refractivity contribution in [2.45, 2.75) is 19.1 Å². The fourth-order valence-electron chi connectivity index (χ4n) is 2.08. The first-order chi connectivity index (χ1) is 9.41. The minimum Gasteiger partial charge on any atom is -0.235 e. The Morgan fingerprint density at radius 2 is 1.55 bits per heavy atom. The van der Waals surface area contributed by atoms with Gasteiger partial charge in [-0.1, -0.05) is 4.68 Å². The molecule has 0 N–H and O–H groups in total. The molecule has 0 aliphatic carbocycles. The first-order valence-electron chi connectivity index (χ1n) is 5.56. The Morgan fingerprint density at radius 3 is 2.10 bits per heavy atom. The van der Waals surface area contributed by atoms with Crippen molar-refractivity contribution < 1.29 is 30.9 Å². The molecule has 1 aliphatic rings. The van der Waals surface area contributed by atoms with Gasteiger partial charge in [0.1, 0.15) is 0 Å². The average molecular weight is 294 g/mol. The second kappa shape index (κ2) is 4.22. The Hall–Kier alpha value is -2.06. The summed E-state index contributed by atoms with van der Waals surface area (Å²) in [6.45, 7) is 0.214. The van der Waals surface area contributed by atoms with Crippen LogP contribution in [0.1, 0.15) is 18.4 Å². The van der Waals surface area contributed by atoms with E-state index in [1.54, 1.807) is 0 Å². The molecule has 106 valence electrons. The van der Waals surface area contributed by atoms with E-state index in [0.29, 0.717) is 4.68 Å². The van der Waals surface area contributed by atoms with Crippen LogP contribution in [-0.4, -0.2) is 9.78 Å². The molecule has 1 atom stereocenters. The minimum absolute atomic E-state index is 0.117. The molecule has 2 heterocycles. The molecule has 0 fully saturated rings. The molecular formula is C11H6F6N3+. The van der Waals surface area contributed by atoms with Gasteiger partial charge in [0.05, 0.1) is 6.54 Å². The van der Waals surface area contributed by atoms with Gasteiger partial charge in [0.15, 0.2) is 6.17 Å². The number of halogens is 6. The molecule has 1 aromatic carbocycles. The molecule has 1 aromatic heterocycles. The lowest BCUT2D eigenvalue weighted by molar-refractivity contribution is -0.691. The van der Waals surface area contributed by atoms with Crippen LogP contribution in [0.3, 0.4) is 0 Å². The molecular weight excluding hydrogens is 288 g/mol. The largest absolute Gasteiger partial charge is 0.312 e. The van der Waals surface area contributed by atoms with Gasteiger partial charge in [0.2, 0.25) is 41.1 Å². The van der Waals surface area contributed by atoms with Crippen molar-refractivity contribution in [2.24, 2.45) is 0 Å². The number of aryl methyl sites for hydroxylation is 1. The summed E-state index contributed by atoms with van der Waals surface area (Å²) in [5, 5.41) is 3.54. The van der Waals surface area contributed by atoms with Gasteiger partial charge in [-0.2, -0.15) is 8.78 Å². The van der Waals surface area contributed by atoms with Crippen molar-refractivity contribution in [1.82, 2.24) is 9.78 Å². The zero-order valence-corrected chi connectivity index (χ0v) is 9.68. The van der Waals surface area contributed by atoms with Crippen molar-refractivity contribution in [2.75, 3.05) is 0 Å². The zero-order valence-electron chi connectivity index (χ0n) is 9.68. The highest BCUT2D eigenvalue weighted by Crippen LogP contribution is 2.27. The van der Waals surface area contributed by atoms with Gasteiger partial charge in [-0.25, -0.2) is 22.1 Å². The number of alkyl halides is 1. The molecule has 20 heavy (non-hydrogen) atoms. The lowest BCUT2D eigenvalue weighted by Gasteiger charge is -2.03. The van der Waals surface area contributed by atoms with Crippen molar-refractivity contribution in [1.29, 1.82) is 0 Å². The molecule has 9 heteroatoms. The predicted octanol–water partition coefficient (Wildman–Crippen LogP) is 2.27. The molecule has 0 unspecified atom stereocenters. The van der Waals surface area contributed by atoms with Crippen molar-refractivity contribution in [3.05, 3.63) is 41.2 Å². The second-order valence-corrected chi connectivity index (χ2v) is 4.29. The number of rotatable bonds is 1. The Labute approximate surface area is 108 Å². The number of aromatic nitrogens is 3. The van der Waals surface area contributed by atoms with Crippen LogP contribution in [0.2, 0.25) is 0 Å². The van der Waals surface area contributed by atoms with Crippen LogP contribution < -0.4 is 4.57 Å². The van der Waals surface area contributed by atoms with Gasteiger partial charge in [0, 0.05) is 11.5 Å². The van der Waals surface area contributed by atoms with E-state index < -0.39 is 40.9 Å². The first kappa shape index (κ1) is 12.9. The Kier molecular flexibility index (Phi) is 2.73. The van der Waals surface area contributed by atoms with E-state index in [9.17, 15) is 26.3 Å². The van der Waals surface area contributed by atoms with E-state index in [1.807, 2.05) is 0 Å². The molecule has 1 aliphatic heterocycles. The predicted molar refractivity (Wildman–Crippen MR) is 52.0 cm³/mol. The summed E-state index contributed by atoms with van der Waals surface area (Å²) in [6.07, 6.45) is -0.287. The highest BCUT2D eigenvalue weighted by Gasteiger charge is 2.36. The standard InChI is InChI=1S/C11H6F6N3/c12-4-1-2-19-3-20(18-11(4)19)10-8(16)6(14)5(13)7(15)9(10)17/h3-4H,1-2H2/q+1/t4-/m1/s1. The summed E-state index contributed by atoms with van der Waals surface area (Å²) in [4.78, 5) is 0. The third-order valence-electron chi connectivity index (χ3n) is 3.07. The van der Waals surface area contributed by atoms with Crippen molar-refractivity contribution in [3.8, 4) is 5.69 Å². The summed E-state index contributed by atoms with van der Waals surface area (Å²) in [6, 6.07) is 0. The summed E-state index contributed by atoms with van der Waals surface area (Å²) >= 11 is 0. The van der Waals surface area contributed by atoms with E-state index in [4.69, 9.17) is 0 Å². The molecule has 0 spiro atoms. The summed E-state index contributed by atoms with van der Waals surface area (Å²) < 4.78 is 81.3. The lowest BCUT2D eigenvalue weighted by Crippen LogP contribution is -2.30. The number of hydrogen-bond acceptors (Lipinski definition) is 1. The molecule has 0 radical (unpaired) electrons. The monoisotopic (exact) mass is 294 g/mol. The maximum Gasteiger partial charge on any atom is 0.312 e. The van der Waals surface area contributed by atoms with Crippen LogP contribution in [0, 0.1) is 29.1 Å². The van der Waals surface area contributed by atoms with Crippen molar-refractivity contribution >= 4 is 0 Å². The van der Waals surface area contributed by atoms with E-state index in [0.717, 1.165) is 6.33 Å². The summed E-state index contributed by atoms with van der Waals surface area (Å²) in [7, 11) is 0. The number of nitrogens with zero attached hydrogens (tertiary/aromatic N) is 3. The topological polar surface area (TPSA) is 21.7 Å². The van der Waals surface area contributed by atoms with Crippen LogP contribution in [0.5, 0.6) is 0 Å². The fraction of sp³-hybridized carbons (Fsp3) is 0.273. The van der Waals surface area contributed by atoms with Gasteiger partial charge in [-0.05, 0) is 0 Å². The highest BCUT2D eigenvalue weighted by atomic mass is 19.2. The minimum atomic E-state index is -2.25. The first-order valence-corrected chi connectivity index (χ1v) is 5.56. The van der Waals surface area contributed by atoms with E-state index in [1.165, 1.54) is 4.57 Å². The smallest absolute Gasteiger partial charge is 0.235 e. The average Bonchev–Trinajstić information content (AvgIpc) is 2.97. The summed E-state index contributed by atoms with van der Waals surface area (Å²) in [5.41, 5.74) is -1.23. The van der Waals surface area contributed by atoms with Gasteiger partial charge in [0.25, 0.3) is 0 Å². The molecule has 0 bridgehead atoms. The quantitative estimate of drug-likeness (QED) is 0.342. The normalized spacial score (nSPS) is 17.6. The summed E-state index contributed by atoms with van der Waals surface area (Å²) in [5.74, 6) is -10.5. The van der Waals surface area contributed by atoms with Gasteiger partial charge in [-0.3, -0.25) is 0 Å². The molecule has 3 nitrogen and oxygen atoms in total. The van der Waals surface area contributed by atoms with Crippen LogP contribution in [-0.2, 0) is 6.54 Å². The lowest BCUT2D eigenvalue weighted by atomic mass is 10.2. The van der Waals surface area contributed by atoms with Crippen LogP contribution >= 0.6 is 0 Å². The van der Waals surface area contributed by atoms with Crippen LogP contribution in [0.25, 0.3) is 5.69 Å². The maximum absolute atomic E-state index is 13.6. The molecule has 2 aromatic rings. The second-order valence-electron chi connectivity index (χ2n) is 4.29. The number of fused-ring (bicyclic) bond motifs is 1. The van der Waals surface area contributed by atoms with E-state index in [2.05, 4.69) is 5.10 Å². The Balaban J connectivity index is 2.23. The van der Waals surface area contributed by atoms with Gasteiger partial charge in [-0.15, -0.1) is 0 Å². The molecule has 0 saturated heterocycles. The Bertz CT molecular complexity index is 682. The fourth-order valence-corrected chi connectivity index (χ4v) is 2.08. The molecule has 0 saturated carbocycles. The highest BCUT2D eigenvalue weighted by molar-refractivity contribution is 5.36. The van der Waals surface area contributed by atoms with Crippen LogP contribution in [0.4, 0.5) is 26.3 Å². The molecule has 3 rings (SSSR count). The van der Waals surface area contributed by atoms with E-state index >= 15 is 0 Å². The molecule has 0 amide bonds. The Morgan fingerprint density at radius 1 is 1.00 bits per heavy atom. The third-order valence-corrected chi connectivity index (χ3v) is 3.07. The van der Waals surface area contributed by atoms with Gasteiger partial charge >= 0.3 is 5.82 Å². The van der Waals surface area contributed by atoms with Gasteiger partial charge < -0.3 is 0 Å². The number of hydrogen-bond donors (Lipinski definition) is 0. The maximum atomic E-state index is 13.6. The van der Waals surface area contributed by atoms with Crippen molar-refractivity contribution in [3.63, 3.8) is 0 Å². The SMILES string of the molecule is Fc1c(F)c(F)c(-n2c[n+]3c(n2)[C@H](F)CC3)c(F)c1F. The van der Waals surface area contributed by atoms with E-state index in [-0.39, 0.29) is 18.8 Å².